The number of nitrogens with zero attached hydrogens (tertiary/aromatic N) is 9. The molecule has 9 rings (SSSR count). The highest BCUT2D eigenvalue weighted by molar-refractivity contribution is 6.00. The summed E-state index contributed by atoms with van der Waals surface area (Å²) in [7, 11) is 1.68. The van der Waals surface area contributed by atoms with Gasteiger partial charge in [0.15, 0.2) is 5.82 Å². The predicted octanol–water partition coefficient (Wildman–Crippen LogP) is 4.61. The van der Waals surface area contributed by atoms with E-state index >= 15 is 0 Å². The number of fused-ring (bicyclic) bond motifs is 4. The minimum absolute atomic E-state index is 0.00477. The first kappa shape index (κ1) is 30.1. The normalized spacial score (nSPS) is 22.3. The number of methoxy groups -OCH3 is 1. The molecule has 0 spiro atoms. The van der Waals surface area contributed by atoms with Gasteiger partial charge >= 0.3 is 0 Å². The van der Waals surface area contributed by atoms with Crippen LogP contribution in [0.4, 0.5) is 5.69 Å². The van der Waals surface area contributed by atoms with Gasteiger partial charge in [-0.3, -0.25) is 4.79 Å². The number of carbonyl (C=O) groups is 1. The van der Waals surface area contributed by atoms with E-state index < -0.39 is 0 Å². The lowest BCUT2D eigenvalue weighted by Gasteiger charge is -2.33. The quantitative estimate of drug-likeness (QED) is 0.253. The van der Waals surface area contributed by atoms with Crippen LogP contribution in [0.3, 0.4) is 0 Å². The number of rotatable bonds is 8. The zero-order chi connectivity index (χ0) is 33.2. The van der Waals surface area contributed by atoms with Crippen LogP contribution in [0.2, 0.25) is 0 Å². The maximum atomic E-state index is 14.0. The highest BCUT2D eigenvalue weighted by Crippen LogP contribution is 2.41. The second kappa shape index (κ2) is 11.8. The van der Waals surface area contributed by atoms with Gasteiger partial charge in [0.2, 0.25) is 5.82 Å². The van der Waals surface area contributed by atoms with Crippen molar-refractivity contribution in [1.29, 1.82) is 5.26 Å². The number of nitrogens with two attached hydrogens (primary N) is 1. The highest BCUT2D eigenvalue weighted by atomic mass is 16.5. The molecule has 12 nitrogen and oxygen atoms in total. The van der Waals surface area contributed by atoms with Gasteiger partial charge < -0.3 is 29.4 Å². The second-order valence-electron chi connectivity index (χ2n) is 14.3. The zero-order valence-corrected chi connectivity index (χ0v) is 27.7. The molecule has 4 aliphatic rings. The molecule has 250 valence electrons. The number of hydrogen-bond acceptors (Lipinski definition) is 9. The van der Waals surface area contributed by atoms with Crippen molar-refractivity contribution >= 4 is 33.7 Å². The van der Waals surface area contributed by atoms with Crippen LogP contribution < -0.4 is 15.4 Å². The topological polar surface area (TPSA) is 144 Å². The molecule has 4 fully saturated rings. The minimum Gasteiger partial charge on any atom is -0.494 e. The molecule has 0 radical (unpaired) electrons. The van der Waals surface area contributed by atoms with Crippen LogP contribution in [-0.2, 0) is 13.1 Å². The molecule has 0 unspecified atom stereocenters. The molecule has 1 aromatic carbocycles. The lowest BCUT2D eigenvalue weighted by Crippen LogP contribution is -2.41. The van der Waals surface area contributed by atoms with E-state index in [1.54, 1.807) is 19.5 Å². The van der Waals surface area contributed by atoms with E-state index in [4.69, 9.17) is 25.7 Å². The number of piperidine rings is 2. The average molecular weight is 657 g/mol. The molecule has 4 aromatic heterocycles. The number of hydrogen-bond donors (Lipinski definition) is 1. The van der Waals surface area contributed by atoms with Gasteiger partial charge in [0, 0.05) is 62.0 Å². The third-order valence-corrected chi connectivity index (χ3v) is 11.4. The van der Waals surface area contributed by atoms with Crippen LogP contribution in [-0.4, -0.2) is 78.7 Å². The van der Waals surface area contributed by atoms with Gasteiger partial charge in [-0.05, 0) is 86.6 Å². The number of benzene rings is 1. The zero-order valence-electron chi connectivity index (χ0n) is 27.7. The summed E-state index contributed by atoms with van der Waals surface area (Å²) < 4.78 is 10.8. The molecule has 2 saturated carbocycles. The molecule has 2 aliphatic carbocycles. The van der Waals surface area contributed by atoms with Crippen LogP contribution in [0.5, 0.6) is 5.75 Å². The van der Waals surface area contributed by atoms with Gasteiger partial charge in [-0.1, -0.05) is 0 Å². The summed E-state index contributed by atoms with van der Waals surface area (Å²) in [6.45, 7) is 4.11. The third-order valence-electron chi connectivity index (χ3n) is 11.4. The highest BCUT2D eigenvalue weighted by Gasteiger charge is 2.47. The van der Waals surface area contributed by atoms with Crippen molar-refractivity contribution in [3.05, 3.63) is 60.3 Å². The summed E-state index contributed by atoms with van der Waals surface area (Å²) in [5, 5.41) is 10.2. The van der Waals surface area contributed by atoms with Crippen LogP contribution in [0.25, 0.3) is 33.6 Å². The maximum Gasteiger partial charge on any atom is 0.254 e. The molecule has 12 heteroatoms. The minimum atomic E-state index is 0.00477. The first-order chi connectivity index (χ1) is 24.0. The van der Waals surface area contributed by atoms with E-state index in [0.717, 1.165) is 91.1 Å². The Labute approximate surface area is 284 Å². The van der Waals surface area contributed by atoms with Crippen molar-refractivity contribution in [1.82, 2.24) is 34.0 Å². The van der Waals surface area contributed by atoms with Crippen LogP contribution in [0.1, 0.15) is 54.7 Å². The Bertz CT molecular complexity index is 2100. The Hall–Kier alpha value is -5.02. The van der Waals surface area contributed by atoms with Crippen LogP contribution in [0, 0.1) is 29.1 Å². The predicted molar refractivity (Wildman–Crippen MR) is 185 cm³/mol. The number of amides is 1. The van der Waals surface area contributed by atoms with E-state index in [1.165, 1.54) is 12.8 Å². The molecule has 2 aliphatic heterocycles. The standard InChI is InChI=1S/C37H40N10O2/c1-49-31-15-26(37(48)46-21-25-6-7-29(46)33(25)39)13-28-34(31)47(20-23-8-11-44(12-9-23)27-17-41-32(16-38)42-18-27)36(43-28)30-14-24-3-2-10-40-35(24)45(30)19-22-4-5-22/h2-3,10,13-15,17-18,22-23,25,29,33H,4-9,11-12,19-21,39H2,1H3/t25-,29-,33-/m1/s1. The number of nitriles is 1. The van der Waals surface area contributed by atoms with Crippen molar-refractivity contribution in [2.75, 3.05) is 31.6 Å². The lowest BCUT2D eigenvalue weighted by molar-refractivity contribution is 0.0700. The monoisotopic (exact) mass is 656 g/mol. The number of anilines is 1. The number of imidazole rings is 1. The average Bonchev–Trinajstić information content (AvgIpc) is 3.51. The van der Waals surface area contributed by atoms with E-state index in [1.807, 2.05) is 35.4 Å². The summed E-state index contributed by atoms with van der Waals surface area (Å²) in [5.74, 6) is 3.13. The molecule has 5 aromatic rings. The van der Waals surface area contributed by atoms with Gasteiger partial charge in [-0.25, -0.2) is 19.9 Å². The Balaban J connectivity index is 1.11. The molecular formula is C37H40N10O2. The summed E-state index contributed by atoms with van der Waals surface area (Å²) in [5.41, 5.74) is 11.7. The van der Waals surface area contributed by atoms with E-state index in [-0.39, 0.29) is 23.8 Å². The molecule has 49 heavy (non-hydrogen) atoms. The molecule has 6 heterocycles. The molecule has 3 atom stereocenters. The van der Waals surface area contributed by atoms with E-state index in [2.05, 4.69) is 36.1 Å². The summed E-state index contributed by atoms with van der Waals surface area (Å²) in [6.07, 6.45) is 11.8. The number of likely N-dealkylation sites (tertiary alicyclic amines) is 1. The van der Waals surface area contributed by atoms with Crippen molar-refractivity contribution in [2.24, 2.45) is 23.5 Å². The largest absolute Gasteiger partial charge is 0.494 e. The van der Waals surface area contributed by atoms with Gasteiger partial charge in [0.05, 0.1) is 36.4 Å². The third kappa shape index (κ3) is 5.19. The number of ether oxygens (including phenoxy) is 1. The molecule has 2 saturated heterocycles. The molecule has 1 amide bonds. The lowest BCUT2D eigenvalue weighted by atomic mass is 9.96. The van der Waals surface area contributed by atoms with Crippen LogP contribution >= 0.6 is 0 Å². The maximum absolute atomic E-state index is 14.0. The van der Waals surface area contributed by atoms with Crippen molar-refractivity contribution in [3.63, 3.8) is 0 Å². The Kier molecular flexibility index (Phi) is 7.27. The van der Waals surface area contributed by atoms with E-state index in [9.17, 15) is 4.79 Å². The molecule has 2 bridgehead atoms. The SMILES string of the molecule is COc1cc(C(=O)N2C[C@H]3CC[C@@H]2[C@@H]3N)cc2nc(-c3cc4cccnc4n3CC3CC3)n(CC3CCN(c4cnc(C#N)nc4)CC3)c12. The fourth-order valence-electron chi connectivity index (χ4n) is 8.52. The Morgan fingerprint density at radius 3 is 2.47 bits per heavy atom. The van der Waals surface area contributed by atoms with E-state index in [0.29, 0.717) is 35.6 Å². The van der Waals surface area contributed by atoms with Gasteiger partial charge in [-0.15, -0.1) is 0 Å². The Morgan fingerprint density at radius 2 is 1.78 bits per heavy atom. The molecular weight excluding hydrogens is 616 g/mol. The second-order valence-corrected chi connectivity index (χ2v) is 14.3. The fraction of sp³-hybridized carbons (Fsp3) is 0.459. The van der Waals surface area contributed by atoms with Crippen molar-refractivity contribution in [3.8, 4) is 23.3 Å². The number of pyridine rings is 1. The van der Waals surface area contributed by atoms with Gasteiger partial charge in [0.25, 0.3) is 5.91 Å². The first-order valence-electron chi connectivity index (χ1n) is 17.6. The van der Waals surface area contributed by atoms with Gasteiger partial charge in [-0.2, -0.15) is 5.26 Å². The number of aromatic nitrogens is 6. The van der Waals surface area contributed by atoms with Gasteiger partial charge in [0.1, 0.15) is 23.0 Å². The Morgan fingerprint density at radius 1 is 1.00 bits per heavy atom. The van der Waals surface area contributed by atoms with Crippen molar-refractivity contribution in [2.45, 2.75) is 63.7 Å². The van der Waals surface area contributed by atoms with Crippen LogP contribution in [0.15, 0.2) is 48.9 Å². The van der Waals surface area contributed by atoms with Crippen molar-refractivity contribution < 1.29 is 9.53 Å². The summed E-state index contributed by atoms with van der Waals surface area (Å²) in [4.78, 5) is 36.8. The smallest absolute Gasteiger partial charge is 0.254 e. The first-order valence-corrected chi connectivity index (χ1v) is 17.6. The summed E-state index contributed by atoms with van der Waals surface area (Å²) >= 11 is 0. The molecule has 2 N–H and O–H groups in total. The number of carbonyl (C=O) groups excluding carboxylic acids is 1. The summed E-state index contributed by atoms with van der Waals surface area (Å²) in [6, 6.07) is 12.3. The fourth-order valence-corrected chi connectivity index (χ4v) is 8.52.